The van der Waals surface area contributed by atoms with Gasteiger partial charge in [-0.1, -0.05) is 54.6 Å². The monoisotopic (exact) mass is 416 g/mol. The number of rotatable bonds is 12. The lowest BCUT2D eigenvalue weighted by Gasteiger charge is -2.19. The van der Waals surface area contributed by atoms with Crippen LogP contribution in [-0.4, -0.2) is 46.2 Å². The number of carbonyl (C=O) groups excluding carboxylic acids is 1. The van der Waals surface area contributed by atoms with Gasteiger partial charge in [0.25, 0.3) is 0 Å². The van der Waals surface area contributed by atoms with Crippen LogP contribution in [0.15, 0.2) is 54.6 Å². The van der Waals surface area contributed by atoms with Gasteiger partial charge in [0, 0.05) is 19.3 Å². The van der Waals surface area contributed by atoms with Crippen LogP contribution in [0.1, 0.15) is 51.0 Å². The Bertz CT molecular complexity index is 669. The lowest BCUT2D eigenvalue weighted by molar-refractivity contribution is -0.141. The zero-order chi connectivity index (χ0) is 21.8. The van der Waals surface area contributed by atoms with Crippen LogP contribution < -0.4 is 0 Å². The minimum atomic E-state index is -0.584. The Hall–Kier alpha value is -1.95. The van der Waals surface area contributed by atoms with E-state index in [-0.39, 0.29) is 17.8 Å². The predicted octanol–water partition coefficient (Wildman–Crippen LogP) is 3.57. The molecule has 1 aliphatic rings. The van der Waals surface area contributed by atoms with Crippen LogP contribution in [0.4, 0.5) is 0 Å². The number of aryl methyl sites for hydroxylation is 1. The van der Waals surface area contributed by atoms with Crippen LogP contribution in [0, 0.1) is 11.8 Å². The van der Waals surface area contributed by atoms with E-state index < -0.39 is 18.3 Å². The van der Waals surface area contributed by atoms with Gasteiger partial charge in [0.05, 0.1) is 24.9 Å². The first-order valence-corrected chi connectivity index (χ1v) is 11.0. The van der Waals surface area contributed by atoms with Crippen molar-refractivity contribution in [2.75, 3.05) is 6.61 Å². The molecule has 0 radical (unpaired) electrons. The Morgan fingerprint density at radius 2 is 1.93 bits per heavy atom. The van der Waals surface area contributed by atoms with Crippen LogP contribution in [0.2, 0.25) is 0 Å². The van der Waals surface area contributed by atoms with Crippen molar-refractivity contribution in [2.45, 2.75) is 70.2 Å². The van der Waals surface area contributed by atoms with Crippen molar-refractivity contribution in [1.29, 1.82) is 0 Å². The molecule has 5 atom stereocenters. The van der Waals surface area contributed by atoms with E-state index in [1.54, 1.807) is 6.08 Å². The quantitative estimate of drug-likeness (QED) is 0.275. The van der Waals surface area contributed by atoms with Gasteiger partial charge in [-0.05, 0) is 50.0 Å². The van der Waals surface area contributed by atoms with E-state index in [2.05, 4.69) is 12.2 Å². The van der Waals surface area contributed by atoms with Gasteiger partial charge < -0.3 is 20.1 Å². The summed E-state index contributed by atoms with van der Waals surface area (Å²) >= 11 is 0. The number of hydrogen-bond acceptors (Lipinski definition) is 5. The molecule has 0 aliphatic heterocycles. The maximum absolute atomic E-state index is 10.7. The molecule has 166 valence electrons. The van der Waals surface area contributed by atoms with Crippen molar-refractivity contribution in [1.82, 2.24) is 0 Å². The van der Waals surface area contributed by atoms with Crippen LogP contribution in [-0.2, 0) is 16.0 Å². The fourth-order valence-electron chi connectivity index (χ4n) is 3.97. The first-order valence-electron chi connectivity index (χ1n) is 11.0. The van der Waals surface area contributed by atoms with E-state index >= 15 is 0 Å². The molecule has 5 heteroatoms. The zero-order valence-electron chi connectivity index (χ0n) is 17.9. The average molecular weight is 417 g/mol. The molecule has 1 saturated carbocycles. The Morgan fingerprint density at radius 3 is 2.67 bits per heavy atom. The van der Waals surface area contributed by atoms with E-state index in [1.807, 2.05) is 36.4 Å². The van der Waals surface area contributed by atoms with Gasteiger partial charge in [-0.25, -0.2) is 0 Å². The molecular weight excluding hydrogens is 380 g/mol. The highest BCUT2D eigenvalue weighted by Crippen LogP contribution is 2.36. The number of benzene rings is 1. The summed E-state index contributed by atoms with van der Waals surface area (Å²) in [6.45, 7) is 1.87. The maximum atomic E-state index is 10.7. The summed E-state index contributed by atoms with van der Waals surface area (Å²) in [5.74, 6) is -0.446. The Kier molecular flexibility index (Phi) is 10.8. The van der Waals surface area contributed by atoms with Crippen molar-refractivity contribution in [3.05, 3.63) is 60.2 Å². The highest BCUT2D eigenvalue weighted by atomic mass is 16.5. The molecular formula is C25H36O5. The molecule has 1 aromatic rings. The van der Waals surface area contributed by atoms with Crippen molar-refractivity contribution in [3.8, 4) is 0 Å². The van der Waals surface area contributed by atoms with Gasteiger partial charge in [0.2, 0.25) is 0 Å². The van der Waals surface area contributed by atoms with Crippen molar-refractivity contribution in [3.63, 3.8) is 0 Å². The predicted molar refractivity (Wildman–Crippen MR) is 118 cm³/mol. The van der Waals surface area contributed by atoms with Crippen molar-refractivity contribution in [2.24, 2.45) is 11.8 Å². The van der Waals surface area contributed by atoms with E-state index in [0.717, 1.165) is 25.7 Å². The number of hydrogen-bond donors (Lipinski definition) is 3. The first-order chi connectivity index (χ1) is 14.5. The molecule has 0 spiro atoms. The van der Waals surface area contributed by atoms with Crippen molar-refractivity contribution < 1.29 is 24.9 Å². The highest BCUT2D eigenvalue weighted by Gasteiger charge is 2.39. The Morgan fingerprint density at radius 1 is 1.17 bits per heavy atom. The standard InChI is InChI=1S/C25H36O5/c1-19(26)30-17-9-4-2-3-8-12-22-23(25(29)18-24(22)28)16-15-21(27)14-13-20-10-6-5-7-11-20/h3,5-8,10-11,15-16,21-25,27-29H,2,4,9,12-14,17-18H2,1H3/t21-,22+,23+,24-,25+/m0/s1. The first kappa shape index (κ1) is 24.3. The third-order valence-corrected chi connectivity index (χ3v) is 5.69. The molecule has 0 unspecified atom stereocenters. The van der Waals surface area contributed by atoms with Crippen LogP contribution in [0.5, 0.6) is 0 Å². The Balaban J connectivity index is 1.75. The van der Waals surface area contributed by atoms with Gasteiger partial charge in [-0.3, -0.25) is 4.79 Å². The lowest BCUT2D eigenvalue weighted by atomic mass is 9.89. The minimum Gasteiger partial charge on any atom is -0.466 e. The second-order valence-corrected chi connectivity index (χ2v) is 8.13. The summed E-state index contributed by atoms with van der Waals surface area (Å²) in [5.41, 5.74) is 1.19. The average Bonchev–Trinajstić information content (AvgIpc) is 2.99. The lowest BCUT2D eigenvalue weighted by Crippen LogP contribution is -2.20. The second kappa shape index (κ2) is 13.4. The maximum Gasteiger partial charge on any atom is 0.302 e. The number of allylic oxidation sites excluding steroid dienone is 2. The highest BCUT2D eigenvalue weighted by molar-refractivity contribution is 5.65. The molecule has 1 fully saturated rings. The molecule has 30 heavy (non-hydrogen) atoms. The molecule has 0 aromatic heterocycles. The number of carbonyl (C=O) groups is 1. The summed E-state index contributed by atoms with van der Waals surface area (Å²) in [4.78, 5) is 10.7. The molecule has 3 N–H and O–H groups in total. The smallest absolute Gasteiger partial charge is 0.302 e. The molecule has 0 amide bonds. The largest absolute Gasteiger partial charge is 0.466 e. The SMILES string of the molecule is CC(=O)OCCCCC=CC[C@@H]1[C@@H](C=C[C@@H](O)CCc2ccccc2)[C@H](O)C[C@@H]1O. The molecule has 0 saturated heterocycles. The molecule has 0 heterocycles. The molecule has 5 nitrogen and oxygen atoms in total. The van der Waals surface area contributed by atoms with E-state index in [9.17, 15) is 20.1 Å². The van der Waals surface area contributed by atoms with E-state index in [1.165, 1.54) is 12.5 Å². The summed E-state index contributed by atoms with van der Waals surface area (Å²) in [5, 5.41) is 31.0. The summed E-state index contributed by atoms with van der Waals surface area (Å²) in [6.07, 6.45) is 11.3. The van der Waals surface area contributed by atoms with Crippen LogP contribution in [0.3, 0.4) is 0 Å². The third-order valence-electron chi connectivity index (χ3n) is 5.69. The topological polar surface area (TPSA) is 87.0 Å². The molecule has 1 aliphatic carbocycles. The van der Waals surface area contributed by atoms with Gasteiger partial charge in [-0.15, -0.1) is 0 Å². The normalized spacial score (nSPS) is 25.2. The summed E-state index contributed by atoms with van der Waals surface area (Å²) in [7, 11) is 0. The summed E-state index contributed by atoms with van der Waals surface area (Å²) in [6, 6.07) is 10.1. The second-order valence-electron chi connectivity index (χ2n) is 8.13. The number of aliphatic hydroxyl groups is 3. The van der Waals surface area contributed by atoms with Crippen LogP contribution in [0.25, 0.3) is 0 Å². The minimum absolute atomic E-state index is 0.0464. The Labute approximate surface area is 180 Å². The van der Waals surface area contributed by atoms with Gasteiger partial charge in [-0.2, -0.15) is 0 Å². The van der Waals surface area contributed by atoms with E-state index in [0.29, 0.717) is 25.9 Å². The summed E-state index contributed by atoms with van der Waals surface area (Å²) < 4.78 is 4.91. The van der Waals surface area contributed by atoms with Gasteiger partial charge in [0.15, 0.2) is 0 Å². The molecule has 2 rings (SSSR count). The van der Waals surface area contributed by atoms with Gasteiger partial charge in [0.1, 0.15) is 0 Å². The van der Waals surface area contributed by atoms with Gasteiger partial charge >= 0.3 is 5.97 Å². The fraction of sp³-hybridized carbons (Fsp3) is 0.560. The third kappa shape index (κ3) is 8.82. The number of unbranched alkanes of at least 4 members (excludes halogenated alkanes) is 2. The number of aliphatic hydroxyl groups excluding tert-OH is 3. The fourth-order valence-corrected chi connectivity index (χ4v) is 3.97. The van der Waals surface area contributed by atoms with Crippen LogP contribution >= 0.6 is 0 Å². The molecule has 0 bridgehead atoms. The van der Waals surface area contributed by atoms with Crippen molar-refractivity contribution >= 4 is 5.97 Å². The molecule has 1 aromatic carbocycles. The number of ether oxygens (including phenoxy) is 1. The number of esters is 1. The zero-order valence-corrected chi connectivity index (χ0v) is 17.9. The van der Waals surface area contributed by atoms with E-state index in [4.69, 9.17) is 4.74 Å².